The summed E-state index contributed by atoms with van der Waals surface area (Å²) in [6.07, 6.45) is 3.53. The highest BCUT2D eigenvalue weighted by atomic mass is 35.5. The van der Waals surface area contributed by atoms with Crippen molar-refractivity contribution in [2.45, 2.75) is 19.9 Å². The molecule has 0 radical (unpaired) electrons. The van der Waals surface area contributed by atoms with Crippen molar-refractivity contribution in [2.75, 3.05) is 18.6 Å². The highest BCUT2D eigenvalue weighted by Gasteiger charge is 2.36. The lowest BCUT2D eigenvalue weighted by molar-refractivity contribution is -0.126. The number of nitrogens with one attached hydrogen (secondary N) is 1. The maximum absolute atomic E-state index is 12.5. The van der Waals surface area contributed by atoms with E-state index < -0.39 is 5.92 Å². The lowest BCUT2D eigenvalue weighted by atomic mass is 10.1. The second kappa shape index (κ2) is 7.74. The van der Waals surface area contributed by atoms with Gasteiger partial charge in [-0.1, -0.05) is 11.6 Å². The van der Waals surface area contributed by atoms with E-state index >= 15 is 0 Å². The molecule has 0 aliphatic carbocycles. The number of pyridine rings is 1. The van der Waals surface area contributed by atoms with Crippen LogP contribution in [0.25, 0.3) is 0 Å². The summed E-state index contributed by atoms with van der Waals surface area (Å²) in [5.74, 6) is -0.117. The van der Waals surface area contributed by atoms with Gasteiger partial charge in [0.15, 0.2) is 0 Å². The monoisotopic (exact) mass is 373 g/mol. The molecule has 6 nitrogen and oxygen atoms in total. The predicted octanol–water partition coefficient (Wildman–Crippen LogP) is 2.72. The molecule has 1 aliphatic rings. The molecule has 136 valence electrons. The van der Waals surface area contributed by atoms with E-state index in [2.05, 4.69) is 10.3 Å². The number of hydrogen-bond acceptors (Lipinski definition) is 4. The third-order valence-electron chi connectivity index (χ3n) is 4.46. The summed E-state index contributed by atoms with van der Waals surface area (Å²) in [5, 5.41) is 3.46. The minimum atomic E-state index is -0.398. The van der Waals surface area contributed by atoms with Crippen molar-refractivity contribution in [3.8, 4) is 5.75 Å². The van der Waals surface area contributed by atoms with Crippen molar-refractivity contribution >= 4 is 29.1 Å². The molecule has 3 rings (SSSR count). The molecule has 0 bridgehead atoms. The number of carbonyl (C=O) groups is 2. The van der Waals surface area contributed by atoms with Crippen LogP contribution in [0.15, 0.2) is 36.7 Å². The van der Waals surface area contributed by atoms with E-state index in [1.54, 1.807) is 23.4 Å². The first-order chi connectivity index (χ1) is 12.5. The Balaban J connectivity index is 1.70. The Hall–Kier alpha value is -2.60. The summed E-state index contributed by atoms with van der Waals surface area (Å²) in [7, 11) is 1.53. The molecule has 1 N–H and O–H groups in total. The predicted molar refractivity (Wildman–Crippen MR) is 99.3 cm³/mol. The van der Waals surface area contributed by atoms with Gasteiger partial charge in [-0.2, -0.15) is 0 Å². The van der Waals surface area contributed by atoms with E-state index in [-0.39, 0.29) is 18.2 Å². The van der Waals surface area contributed by atoms with E-state index in [9.17, 15) is 9.59 Å². The van der Waals surface area contributed by atoms with Crippen LogP contribution in [0.5, 0.6) is 5.75 Å². The van der Waals surface area contributed by atoms with Gasteiger partial charge in [-0.25, -0.2) is 0 Å². The first-order valence-electron chi connectivity index (χ1n) is 8.30. The number of methoxy groups -OCH3 is 1. The molecule has 26 heavy (non-hydrogen) atoms. The molecule has 0 spiro atoms. The van der Waals surface area contributed by atoms with Gasteiger partial charge in [-0.05, 0) is 36.2 Å². The minimum absolute atomic E-state index is 0.103. The number of carbonyl (C=O) groups excluding carboxylic acids is 2. The highest BCUT2D eigenvalue weighted by Crippen LogP contribution is 2.36. The van der Waals surface area contributed by atoms with Gasteiger partial charge in [-0.3, -0.25) is 14.6 Å². The van der Waals surface area contributed by atoms with E-state index in [1.807, 2.05) is 25.1 Å². The molecule has 2 aromatic rings. The molecule has 1 unspecified atom stereocenters. The van der Waals surface area contributed by atoms with Gasteiger partial charge in [0.2, 0.25) is 11.8 Å². The van der Waals surface area contributed by atoms with Gasteiger partial charge < -0.3 is 15.0 Å². The number of ether oxygens (including phenoxy) is 1. The maximum Gasteiger partial charge on any atom is 0.227 e. The van der Waals surface area contributed by atoms with Crippen LogP contribution in [-0.4, -0.2) is 30.5 Å². The maximum atomic E-state index is 12.5. The van der Waals surface area contributed by atoms with Crippen LogP contribution in [0.4, 0.5) is 5.69 Å². The lowest BCUT2D eigenvalue weighted by Crippen LogP contribution is -2.32. The Morgan fingerprint density at radius 1 is 1.38 bits per heavy atom. The van der Waals surface area contributed by atoms with Crippen molar-refractivity contribution in [3.05, 3.63) is 52.8 Å². The smallest absolute Gasteiger partial charge is 0.227 e. The summed E-state index contributed by atoms with van der Waals surface area (Å²) in [4.78, 5) is 30.5. The van der Waals surface area contributed by atoms with Gasteiger partial charge in [0.25, 0.3) is 0 Å². The average molecular weight is 374 g/mol. The zero-order valence-electron chi connectivity index (χ0n) is 14.7. The molecule has 0 saturated carbocycles. The fourth-order valence-electron chi connectivity index (χ4n) is 2.97. The number of aromatic nitrogens is 1. The topological polar surface area (TPSA) is 71.5 Å². The number of aryl methyl sites for hydroxylation is 1. The molecule has 7 heteroatoms. The third kappa shape index (κ3) is 3.80. The number of nitrogens with zero attached hydrogens (tertiary/aromatic N) is 2. The molecule has 1 aromatic heterocycles. The standard InChI is InChI=1S/C19H20ClN3O3/c1-12-7-16(17(26-2)9-15(12)20)23-11-14(8-18(23)24)19(25)22-10-13-3-5-21-6-4-13/h3-7,9,14H,8,10-11H2,1-2H3,(H,22,25). The number of hydrogen-bond donors (Lipinski definition) is 1. The quantitative estimate of drug-likeness (QED) is 0.874. The van der Waals surface area contributed by atoms with Crippen LogP contribution in [-0.2, 0) is 16.1 Å². The average Bonchev–Trinajstić information content (AvgIpc) is 3.04. The van der Waals surface area contributed by atoms with Crippen molar-refractivity contribution in [3.63, 3.8) is 0 Å². The van der Waals surface area contributed by atoms with Gasteiger partial charge in [0.1, 0.15) is 5.75 Å². The van der Waals surface area contributed by atoms with E-state index in [0.717, 1.165) is 11.1 Å². The number of rotatable bonds is 5. The van der Waals surface area contributed by atoms with Crippen molar-refractivity contribution in [2.24, 2.45) is 5.92 Å². The van der Waals surface area contributed by atoms with Gasteiger partial charge in [0, 0.05) is 43.0 Å². The van der Waals surface area contributed by atoms with E-state index in [0.29, 0.717) is 29.5 Å². The number of amides is 2. The molecule has 2 amide bonds. The Morgan fingerprint density at radius 2 is 2.12 bits per heavy atom. The second-order valence-corrected chi connectivity index (χ2v) is 6.66. The normalized spacial score (nSPS) is 16.7. The number of halogens is 1. The van der Waals surface area contributed by atoms with Crippen LogP contribution >= 0.6 is 11.6 Å². The molecule has 1 aliphatic heterocycles. The Bertz CT molecular complexity index is 826. The second-order valence-electron chi connectivity index (χ2n) is 6.25. The third-order valence-corrected chi connectivity index (χ3v) is 4.87. The first kappa shape index (κ1) is 18.2. The van der Waals surface area contributed by atoms with Crippen molar-refractivity contribution in [1.29, 1.82) is 0 Å². The molecule has 1 aromatic carbocycles. The largest absolute Gasteiger partial charge is 0.495 e. The fourth-order valence-corrected chi connectivity index (χ4v) is 3.13. The van der Waals surface area contributed by atoms with Crippen molar-refractivity contribution < 1.29 is 14.3 Å². The van der Waals surface area contributed by atoms with Gasteiger partial charge in [0.05, 0.1) is 18.7 Å². The van der Waals surface area contributed by atoms with Gasteiger partial charge in [-0.15, -0.1) is 0 Å². The van der Waals surface area contributed by atoms with Crippen LogP contribution in [0.1, 0.15) is 17.5 Å². The summed E-state index contributed by atoms with van der Waals surface area (Å²) >= 11 is 6.13. The Morgan fingerprint density at radius 3 is 2.81 bits per heavy atom. The summed E-state index contributed by atoms with van der Waals surface area (Å²) in [5.41, 5.74) is 2.45. The van der Waals surface area contributed by atoms with Crippen LogP contribution < -0.4 is 15.0 Å². The molecular formula is C19H20ClN3O3. The highest BCUT2D eigenvalue weighted by molar-refractivity contribution is 6.31. The Kier molecular flexibility index (Phi) is 5.42. The van der Waals surface area contributed by atoms with E-state index in [4.69, 9.17) is 16.3 Å². The van der Waals surface area contributed by atoms with Gasteiger partial charge >= 0.3 is 0 Å². The summed E-state index contributed by atoms with van der Waals surface area (Å²) in [6.45, 7) is 2.60. The zero-order valence-corrected chi connectivity index (χ0v) is 15.4. The van der Waals surface area contributed by atoms with Crippen LogP contribution in [0, 0.1) is 12.8 Å². The molecule has 2 heterocycles. The van der Waals surface area contributed by atoms with Crippen LogP contribution in [0.2, 0.25) is 5.02 Å². The fraction of sp³-hybridized carbons (Fsp3) is 0.316. The molecule has 1 atom stereocenters. The Labute approximate surface area is 157 Å². The lowest BCUT2D eigenvalue weighted by Gasteiger charge is -2.20. The van der Waals surface area contributed by atoms with Crippen molar-refractivity contribution in [1.82, 2.24) is 10.3 Å². The molecule has 1 saturated heterocycles. The van der Waals surface area contributed by atoms with Crippen LogP contribution in [0.3, 0.4) is 0 Å². The number of benzene rings is 1. The van der Waals surface area contributed by atoms with E-state index in [1.165, 1.54) is 7.11 Å². The summed E-state index contributed by atoms with van der Waals surface area (Å²) in [6, 6.07) is 7.19. The number of anilines is 1. The molecular weight excluding hydrogens is 354 g/mol. The minimum Gasteiger partial charge on any atom is -0.495 e. The first-order valence-corrected chi connectivity index (χ1v) is 8.68. The zero-order chi connectivity index (χ0) is 18.7. The molecule has 1 fully saturated rings. The SMILES string of the molecule is COc1cc(Cl)c(C)cc1N1CC(C(=O)NCc2ccncc2)CC1=O. The summed E-state index contributed by atoms with van der Waals surface area (Å²) < 4.78 is 5.36.